The van der Waals surface area contributed by atoms with Gasteiger partial charge in [0.05, 0.1) is 6.07 Å². The van der Waals surface area contributed by atoms with E-state index in [9.17, 15) is 32.8 Å². The van der Waals surface area contributed by atoms with E-state index in [4.69, 9.17) is 0 Å². The van der Waals surface area contributed by atoms with E-state index in [1.165, 1.54) is 31.9 Å². The third kappa shape index (κ3) is 7.06. The first kappa shape index (κ1) is 28.8. The molecule has 0 spiro atoms. The van der Waals surface area contributed by atoms with Crippen LogP contribution in [0.25, 0.3) is 0 Å². The van der Waals surface area contributed by atoms with Gasteiger partial charge >= 0.3 is 12.1 Å². The van der Waals surface area contributed by atoms with Crippen LogP contribution in [-0.4, -0.2) is 52.4 Å². The van der Waals surface area contributed by atoms with Crippen LogP contribution in [0.1, 0.15) is 58.2 Å². The Balaban J connectivity index is 2.41. The second kappa shape index (κ2) is 11.1. The number of hydrogen-bond acceptors (Lipinski definition) is 5. The van der Waals surface area contributed by atoms with Gasteiger partial charge in [0.15, 0.2) is 0 Å². The normalized spacial score (nSPS) is 19.6. The van der Waals surface area contributed by atoms with E-state index in [0.29, 0.717) is 12.0 Å². The van der Waals surface area contributed by atoms with Gasteiger partial charge in [0, 0.05) is 30.4 Å². The lowest BCUT2D eigenvalue weighted by Gasteiger charge is -2.36. The molecule has 1 aromatic rings. The summed E-state index contributed by atoms with van der Waals surface area (Å²) in [5.74, 6) is -4.07. The SMILES string of the molecule is CC(C)=C[C@H]1CCN(C(=O)[C@@H](NC(=O)C(F)(F)F)C(C)(C)C)[C@@H]1C(=O)N[C@H](C#N)c1cncc(C)c1. The van der Waals surface area contributed by atoms with Crippen molar-refractivity contribution in [2.75, 3.05) is 6.54 Å². The highest BCUT2D eigenvalue weighted by atomic mass is 19.4. The molecule has 0 radical (unpaired) electrons. The Labute approximate surface area is 208 Å². The van der Waals surface area contributed by atoms with Crippen molar-refractivity contribution < 1.29 is 27.6 Å². The maximum atomic E-state index is 13.5. The molecule has 3 amide bonds. The van der Waals surface area contributed by atoms with Crippen molar-refractivity contribution in [2.45, 2.75) is 72.3 Å². The van der Waals surface area contributed by atoms with E-state index in [-0.39, 0.29) is 6.54 Å². The molecule has 2 rings (SSSR count). The number of carbonyl (C=O) groups excluding carboxylic acids is 3. The number of carbonyl (C=O) groups is 3. The second-order valence-electron chi connectivity index (χ2n) is 10.3. The highest BCUT2D eigenvalue weighted by Gasteiger charge is 2.48. The molecule has 0 saturated carbocycles. The van der Waals surface area contributed by atoms with E-state index < -0.39 is 53.4 Å². The van der Waals surface area contributed by atoms with Crippen LogP contribution in [0.5, 0.6) is 0 Å². The first-order chi connectivity index (χ1) is 16.6. The number of pyridine rings is 1. The molecule has 4 atom stereocenters. The quantitative estimate of drug-likeness (QED) is 0.573. The summed E-state index contributed by atoms with van der Waals surface area (Å²) in [5, 5.41) is 14.1. The maximum absolute atomic E-state index is 13.5. The highest BCUT2D eigenvalue weighted by Crippen LogP contribution is 2.32. The molecular formula is C25H32F3N5O3. The van der Waals surface area contributed by atoms with Gasteiger partial charge < -0.3 is 15.5 Å². The smallest absolute Gasteiger partial charge is 0.336 e. The van der Waals surface area contributed by atoms with Crippen LogP contribution in [0.4, 0.5) is 13.2 Å². The molecule has 11 heteroatoms. The number of halogens is 3. The van der Waals surface area contributed by atoms with Gasteiger partial charge in [-0.15, -0.1) is 0 Å². The molecule has 1 fully saturated rings. The number of hydrogen-bond donors (Lipinski definition) is 2. The Morgan fingerprint density at radius 3 is 2.33 bits per heavy atom. The third-order valence-corrected chi connectivity index (χ3v) is 5.83. The van der Waals surface area contributed by atoms with Gasteiger partial charge in [0.2, 0.25) is 11.8 Å². The Morgan fingerprint density at radius 1 is 1.19 bits per heavy atom. The fraction of sp³-hybridized carbons (Fsp3) is 0.560. The standard InChI is InChI=1S/C25H32F3N5O3/c1-14(2)9-16-7-8-33(22(35)20(24(4,5)6)32-23(36)25(26,27)28)19(16)21(34)31-18(11-29)17-10-15(3)12-30-13-17/h9-10,12-13,16,18-20H,7-8H2,1-6H3,(H,31,34)(H,32,36)/t16-,18-,19+,20-/m1/s1. The van der Waals surface area contributed by atoms with Gasteiger partial charge in [-0.3, -0.25) is 19.4 Å². The van der Waals surface area contributed by atoms with E-state index in [1.54, 1.807) is 19.2 Å². The lowest BCUT2D eigenvalue weighted by atomic mass is 9.85. The Kier molecular flexibility index (Phi) is 8.88. The van der Waals surface area contributed by atoms with Crippen molar-refractivity contribution in [3.8, 4) is 6.07 Å². The van der Waals surface area contributed by atoms with Crippen molar-refractivity contribution in [1.82, 2.24) is 20.5 Å². The molecule has 2 N–H and O–H groups in total. The minimum atomic E-state index is -5.17. The van der Waals surface area contributed by atoms with Crippen LogP contribution in [0.15, 0.2) is 30.1 Å². The largest absolute Gasteiger partial charge is 0.471 e. The number of nitrogens with zero attached hydrogens (tertiary/aromatic N) is 3. The van der Waals surface area contributed by atoms with Crippen LogP contribution in [-0.2, 0) is 14.4 Å². The van der Waals surface area contributed by atoms with Gasteiger partial charge in [-0.2, -0.15) is 18.4 Å². The molecule has 0 aliphatic carbocycles. The summed E-state index contributed by atoms with van der Waals surface area (Å²) in [5.41, 5.74) is 1.07. The molecule has 1 aliphatic rings. The summed E-state index contributed by atoms with van der Waals surface area (Å²) in [4.78, 5) is 43.9. The fourth-order valence-electron chi connectivity index (χ4n) is 4.18. The average molecular weight is 508 g/mol. The number of nitriles is 1. The topological polar surface area (TPSA) is 115 Å². The number of alkyl halides is 3. The molecule has 36 heavy (non-hydrogen) atoms. The molecule has 0 bridgehead atoms. The summed E-state index contributed by atoms with van der Waals surface area (Å²) in [6, 6.07) is 0.0732. The lowest BCUT2D eigenvalue weighted by molar-refractivity contribution is -0.176. The maximum Gasteiger partial charge on any atom is 0.471 e. The summed E-state index contributed by atoms with van der Waals surface area (Å²) < 4.78 is 38.9. The zero-order chi connectivity index (χ0) is 27.4. The minimum absolute atomic E-state index is 0.100. The molecule has 2 heterocycles. The first-order valence-corrected chi connectivity index (χ1v) is 11.5. The van der Waals surface area contributed by atoms with Crippen LogP contribution < -0.4 is 10.6 Å². The van der Waals surface area contributed by atoms with Crippen molar-refractivity contribution in [3.63, 3.8) is 0 Å². The molecule has 0 unspecified atom stereocenters. The van der Waals surface area contributed by atoms with Crippen LogP contribution in [0.3, 0.4) is 0 Å². The molecule has 0 aromatic carbocycles. The zero-order valence-electron chi connectivity index (χ0n) is 21.2. The Hall–Kier alpha value is -3.42. The van der Waals surface area contributed by atoms with Crippen molar-refractivity contribution in [3.05, 3.63) is 41.2 Å². The van der Waals surface area contributed by atoms with Crippen molar-refractivity contribution in [1.29, 1.82) is 5.26 Å². The second-order valence-corrected chi connectivity index (χ2v) is 10.3. The molecular weight excluding hydrogens is 475 g/mol. The Morgan fingerprint density at radius 2 is 1.83 bits per heavy atom. The minimum Gasteiger partial charge on any atom is -0.336 e. The highest BCUT2D eigenvalue weighted by molar-refractivity contribution is 5.94. The molecule has 1 aliphatic heterocycles. The van der Waals surface area contributed by atoms with Gasteiger partial charge in [-0.05, 0) is 44.2 Å². The summed E-state index contributed by atoms with van der Waals surface area (Å²) in [7, 11) is 0. The van der Waals surface area contributed by atoms with Crippen molar-refractivity contribution in [2.24, 2.45) is 11.3 Å². The van der Waals surface area contributed by atoms with Gasteiger partial charge in [0.25, 0.3) is 0 Å². The Bertz CT molecular complexity index is 1070. The molecule has 8 nitrogen and oxygen atoms in total. The zero-order valence-corrected chi connectivity index (χ0v) is 21.2. The summed E-state index contributed by atoms with van der Waals surface area (Å²) in [6.07, 6.45) is 0.103. The van der Waals surface area contributed by atoms with Crippen LogP contribution >= 0.6 is 0 Å². The number of aromatic nitrogens is 1. The van der Waals surface area contributed by atoms with Crippen molar-refractivity contribution >= 4 is 17.7 Å². The number of amides is 3. The molecule has 1 aromatic heterocycles. The van der Waals surface area contributed by atoms with Gasteiger partial charge in [0.1, 0.15) is 18.1 Å². The first-order valence-electron chi connectivity index (χ1n) is 11.5. The number of nitrogens with one attached hydrogen (secondary N) is 2. The molecule has 1 saturated heterocycles. The summed E-state index contributed by atoms with van der Waals surface area (Å²) >= 11 is 0. The van der Waals surface area contributed by atoms with Crippen LogP contribution in [0, 0.1) is 29.6 Å². The number of allylic oxidation sites excluding steroid dienone is 1. The van der Waals surface area contributed by atoms with Crippen LogP contribution in [0.2, 0.25) is 0 Å². The lowest BCUT2D eigenvalue weighted by Crippen LogP contribution is -2.60. The monoisotopic (exact) mass is 507 g/mol. The number of aryl methyl sites for hydroxylation is 1. The van der Waals surface area contributed by atoms with E-state index in [2.05, 4.69) is 10.3 Å². The van der Waals surface area contributed by atoms with E-state index in [0.717, 1.165) is 11.1 Å². The molecule has 196 valence electrons. The fourth-order valence-corrected chi connectivity index (χ4v) is 4.18. The summed E-state index contributed by atoms with van der Waals surface area (Å²) in [6.45, 7) is 10.1. The average Bonchev–Trinajstić information content (AvgIpc) is 3.16. The third-order valence-electron chi connectivity index (χ3n) is 5.83. The predicted octanol–water partition coefficient (Wildman–Crippen LogP) is 3.35. The van der Waals surface area contributed by atoms with Gasteiger partial charge in [-0.25, -0.2) is 0 Å². The number of likely N-dealkylation sites (tertiary alicyclic amines) is 1. The van der Waals surface area contributed by atoms with Gasteiger partial charge in [-0.1, -0.05) is 32.4 Å². The van der Waals surface area contributed by atoms with E-state index in [1.807, 2.05) is 31.3 Å². The number of rotatable bonds is 6. The predicted molar refractivity (Wildman–Crippen MR) is 126 cm³/mol. The van der Waals surface area contributed by atoms with E-state index >= 15 is 0 Å².